The molecular weight excluding hydrogens is 440 g/mol. The molecule has 2 aliphatic rings. The number of aliphatic hydroxyl groups is 1. The van der Waals surface area contributed by atoms with E-state index in [1.54, 1.807) is 29.0 Å². The number of carbonyl (C=O) groups excluding carboxylic acids is 2. The molecule has 6 heteroatoms. The molecule has 0 saturated carbocycles. The minimum Gasteiger partial charge on any atom is -0.497 e. The largest absolute Gasteiger partial charge is 0.497 e. The zero-order chi connectivity index (χ0) is 24.4. The van der Waals surface area contributed by atoms with E-state index in [0.29, 0.717) is 12.1 Å². The van der Waals surface area contributed by atoms with Gasteiger partial charge in [-0.2, -0.15) is 0 Å². The Morgan fingerprint density at radius 2 is 1.60 bits per heavy atom. The lowest BCUT2D eigenvalue weighted by molar-refractivity contribution is -0.159. The van der Waals surface area contributed by atoms with Crippen LogP contribution in [0.4, 0.5) is 0 Å². The SMILES string of the molecule is COc1ccc(C#Cc2ccc([C@@H]3[C@H]4CN(C(=O)c5ccccc5)CC(=O)N4[C@H]3CO)cc2)cc1. The van der Waals surface area contributed by atoms with Crippen molar-refractivity contribution in [2.75, 3.05) is 26.8 Å². The molecule has 6 nitrogen and oxygen atoms in total. The highest BCUT2D eigenvalue weighted by atomic mass is 16.5. The van der Waals surface area contributed by atoms with Crippen molar-refractivity contribution in [1.82, 2.24) is 9.80 Å². The van der Waals surface area contributed by atoms with E-state index in [2.05, 4.69) is 11.8 Å². The Bertz CT molecular complexity index is 1280. The zero-order valence-corrected chi connectivity index (χ0v) is 19.4. The van der Waals surface area contributed by atoms with Crippen molar-refractivity contribution in [3.05, 3.63) is 101 Å². The third kappa shape index (κ3) is 4.39. The number of carbonyl (C=O) groups is 2. The number of rotatable bonds is 4. The first-order chi connectivity index (χ1) is 17.1. The molecule has 2 amide bonds. The molecule has 0 aromatic heterocycles. The van der Waals surface area contributed by atoms with E-state index in [0.717, 1.165) is 22.4 Å². The smallest absolute Gasteiger partial charge is 0.254 e. The molecule has 2 heterocycles. The average Bonchev–Trinajstić information content (AvgIpc) is 2.89. The third-order valence-electron chi connectivity index (χ3n) is 6.80. The van der Waals surface area contributed by atoms with E-state index in [1.165, 1.54) is 0 Å². The molecule has 3 aromatic carbocycles. The summed E-state index contributed by atoms with van der Waals surface area (Å²) in [6.45, 7) is 0.367. The van der Waals surface area contributed by atoms with Crippen molar-refractivity contribution in [2.24, 2.45) is 0 Å². The maximum Gasteiger partial charge on any atom is 0.254 e. The standard InChI is InChI=1S/C29H26N2O4/c1-35-24-15-11-21(12-16-24)8-7-20-9-13-22(14-10-20)28-25-17-30(18-27(33)31(25)26(28)19-32)29(34)23-5-3-2-4-6-23/h2-6,9-16,25-26,28,32H,17-19H2,1H3/t25-,26+,28-/m1/s1. The number of benzene rings is 3. The summed E-state index contributed by atoms with van der Waals surface area (Å²) in [5.74, 6) is 6.80. The molecule has 0 unspecified atom stereocenters. The maximum absolute atomic E-state index is 13.0. The fourth-order valence-electron chi connectivity index (χ4n) is 5.02. The first kappa shape index (κ1) is 22.7. The van der Waals surface area contributed by atoms with Crippen molar-refractivity contribution in [3.8, 4) is 17.6 Å². The molecule has 0 radical (unpaired) electrons. The van der Waals surface area contributed by atoms with Gasteiger partial charge in [-0.25, -0.2) is 0 Å². The molecular formula is C29H26N2O4. The van der Waals surface area contributed by atoms with Crippen LogP contribution in [0.3, 0.4) is 0 Å². The van der Waals surface area contributed by atoms with Crippen LogP contribution in [0.25, 0.3) is 0 Å². The minimum absolute atomic E-state index is 0.0351. The molecule has 2 saturated heterocycles. The first-order valence-corrected chi connectivity index (χ1v) is 11.6. The quantitative estimate of drug-likeness (QED) is 0.601. The summed E-state index contributed by atoms with van der Waals surface area (Å²) in [7, 11) is 1.63. The van der Waals surface area contributed by atoms with Gasteiger partial charge >= 0.3 is 0 Å². The molecule has 176 valence electrons. The molecule has 0 aliphatic carbocycles. The summed E-state index contributed by atoms with van der Waals surface area (Å²) in [4.78, 5) is 29.2. The molecule has 2 aliphatic heterocycles. The molecule has 2 fully saturated rings. The van der Waals surface area contributed by atoms with Gasteiger partial charge in [-0.05, 0) is 54.1 Å². The number of piperazine rings is 1. The summed E-state index contributed by atoms with van der Waals surface area (Å²) in [5, 5.41) is 10.0. The van der Waals surface area contributed by atoms with E-state index < -0.39 is 0 Å². The van der Waals surface area contributed by atoms with Gasteiger partial charge in [0, 0.05) is 29.2 Å². The van der Waals surface area contributed by atoms with Crippen LogP contribution in [0.15, 0.2) is 78.9 Å². The summed E-state index contributed by atoms with van der Waals surface area (Å²) >= 11 is 0. The van der Waals surface area contributed by atoms with Gasteiger partial charge in [0.05, 0.1) is 25.8 Å². The van der Waals surface area contributed by atoms with Crippen LogP contribution in [-0.4, -0.2) is 65.6 Å². The van der Waals surface area contributed by atoms with E-state index in [-0.39, 0.29) is 43.0 Å². The second-order valence-electron chi connectivity index (χ2n) is 8.80. The van der Waals surface area contributed by atoms with Crippen molar-refractivity contribution >= 4 is 11.8 Å². The Labute approximate surface area is 204 Å². The van der Waals surface area contributed by atoms with Gasteiger partial charge in [-0.3, -0.25) is 9.59 Å². The van der Waals surface area contributed by atoms with Gasteiger partial charge in [0.25, 0.3) is 5.91 Å². The predicted octanol–water partition coefficient (Wildman–Crippen LogP) is 2.91. The topological polar surface area (TPSA) is 70.1 Å². The average molecular weight is 467 g/mol. The predicted molar refractivity (Wildman–Crippen MR) is 132 cm³/mol. The number of aliphatic hydroxyl groups excluding tert-OH is 1. The maximum atomic E-state index is 13.0. The Morgan fingerprint density at radius 3 is 2.20 bits per heavy atom. The Balaban J connectivity index is 1.33. The van der Waals surface area contributed by atoms with Gasteiger partial charge in [-0.15, -0.1) is 0 Å². The zero-order valence-electron chi connectivity index (χ0n) is 19.4. The fraction of sp³-hybridized carbons (Fsp3) is 0.241. The number of nitrogens with zero attached hydrogens (tertiary/aromatic N) is 2. The van der Waals surface area contributed by atoms with E-state index in [4.69, 9.17) is 4.74 Å². The third-order valence-corrected chi connectivity index (χ3v) is 6.80. The van der Waals surface area contributed by atoms with E-state index in [1.807, 2.05) is 66.7 Å². The highest BCUT2D eigenvalue weighted by Crippen LogP contribution is 2.43. The Kier molecular flexibility index (Phi) is 6.26. The second kappa shape index (κ2) is 9.65. The van der Waals surface area contributed by atoms with Crippen LogP contribution in [-0.2, 0) is 4.79 Å². The summed E-state index contributed by atoms with van der Waals surface area (Å²) in [5.41, 5.74) is 3.38. The van der Waals surface area contributed by atoms with Crippen LogP contribution in [0.1, 0.15) is 33.0 Å². The highest BCUT2D eigenvalue weighted by Gasteiger charge is 2.54. The molecule has 3 atom stereocenters. The molecule has 1 N–H and O–H groups in total. The normalized spacial score (nSPS) is 20.9. The Morgan fingerprint density at radius 1 is 0.971 bits per heavy atom. The van der Waals surface area contributed by atoms with Crippen molar-refractivity contribution in [3.63, 3.8) is 0 Å². The lowest BCUT2D eigenvalue weighted by atomic mass is 9.73. The fourth-order valence-corrected chi connectivity index (χ4v) is 5.02. The Hall–Kier alpha value is -4.08. The summed E-state index contributed by atoms with van der Waals surface area (Å²) < 4.78 is 5.18. The van der Waals surface area contributed by atoms with E-state index >= 15 is 0 Å². The van der Waals surface area contributed by atoms with Crippen LogP contribution in [0, 0.1) is 11.8 Å². The number of fused-ring (bicyclic) bond motifs is 1. The molecule has 5 rings (SSSR count). The van der Waals surface area contributed by atoms with Crippen LogP contribution < -0.4 is 4.74 Å². The monoisotopic (exact) mass is 466 g/mol. The van der Waals surface area contributed by atoms with Gasteiger partial charge in [0.1, 0.15) is 12.3 Å². The number of hydrogen-bond donors (Lipinski definition) is 1. The van der Waals surface area contributed by atoms with Gasteiger partial charge in [0.15, 0.2) is 0 Å². The number of hydrogen-bond acceptors (Lipinski definition) is 4. The van der Waals surface area contributed by atoms with Crippen molar-refractivity contribution in [1.29, 1.82) is 0 Å². The van der Waals surface area contributed by atoms with Crippen LogP contribution >= 0.6 is 0 Å². The van der Waals surface area contributed by atoms with Crippen molar-refractivity contribution in [2.45, 2.75) is 18.0 Å². The van der Waals surface area contributed by atoms with Crippen molar-refractivity contribution < 1.29 is 19.4 Å². The van der Waals surface area contributed by atoms with Gasteiger partial charge < -0.3 is 19.6 Å². The van der Waals surface area contributed by atoms with E-state index in [9.17, 15) is 14.7 Å². The minimum atomic E-state index is -0.280. The molecule has 0 bridgehead atoms. The lowest BCUT2D eigenvalue weighted by Crippen LogP contribution is -2.73. The number of methoxy groups -OCH3 is 1. The number of ether oxygens (including phenoxy) is 1. The molecule has 35 heavy (non-hydrogen) atoms. The first-order valence-electron chi connectivity index (χ1n) is 11.6. The number of amides is 2. The van der Waals surface area contributed by atoms with Gasteiger partial charge in [-0.1, -0.05) is 42.2 Å². The highest BCUT2D eigenvalue weighted by molar-refractivity contribution is 5.97. The molecule has 0 spiro atoms. The lowest BCUT2D eigenvalue weighted by Gasteiger charge is -2.58. The summed E-state index contributed by atoms with van der Waals surface area (Å²) in [6, 6.07) is 24.1. The summed E-state index contributed by atoms with van der Waals surface area (Å²) in [6.07, 6.45) is 0. The van der Waals surface area contributed by atoms with Gasteiger partial charge in [0.2, 0.25) is 5.91 Å². The van der Waals surface area contributed by atoms with Crippen LogP contribution in [0.5, 0.6) is 5.75 Å². The van der Waals surface area contributed by atoms with Crippen LogP contribution in [0.2, 0.25) is 0 Å². The second-order valence-corrected chi connectivity index (χ2v) is 8.80. The molecule has 3 aromatic rings.